The van der Waals surface area contributed by atoms with E-state index in [4.69, 9.17) is 11.6 Å². The molecule has 0 bridgehead atoms. The maximum atomic E-state index is 9.47. The fourth-order valence-corrected chi connectivity index (χ4v) is 2.86. The summed E-state index contributed by atoms with van der Waals surface area (Å²) in [6, 6.07) is 12.3. The number of anilines is 1. The number of hydrogen-bond donors (Lipinski definition) is 1. The predicted octanol–water partition coefficient (Wildman–Crippen LogP) is 2.91. The summed E-state index contributed by atoms with van der Waals surface area (Å²) in [6.07, 6.45) is 2.50. The van der Waals surface area contributed by atoms with Crippen LogP contribution in [0.3, 0.4) is 0 Å². The summed E-state index contributed by atoms with van der Waals surface area (Å²) in [5, 5.41) is 10.1. The second-order valence-corrected chi connectivity index (χ2v) is 5.67. The quantitative estimate of drug-likeness (QED) is 0.943. The molecule has 1 aliphatic rings. The lowest BCUT2D eigenvalue weighted by molar-refractivity contribution is 0.222. The van der Waals surface area contributed by atoms with E-state index in [-0.39, 0.29) is 12.5 Å². The van der Waals surface area contributed by atoms with Gasteiger partial charge in [0.2, 0.25) is 0 Å². The maximum Gasteiger partial charge on any atom is 0.0642 e. The number of aliphatic hydroxyl groups excluding tert-OH is 1. The molecule has 1 aromatic carbocycles. The molecule has 2 aromatic rings. The van der Waals surface area contributed by atoms with Crippen molar-refractivity contribution in [1.29, 1.82) is 0 Å². The van der Waals surface area contributed by atoms with E-state index in [0.717, 1.165) is 30.9 Å². The van der Waals surface area contributed by atoms with E-state index in [2.05, 4.69) is 22.0 Å². The van der Waals surface area contributed by atoms with E-state index in [9.17, 15) is 5.11 Å². The zero-order chi connectivity index (χ0) is 13.9. The number of pyridine rings is 1. The molecule has 20 heavy (non-hydrogen) atoms. The van der Waals surface area contributed by atoms with Gasteiger partial charge in [-0.2, -0.15) is 0 Å². The molecule has 0 spiro atoms. The van der Waals surface area contributed by atoms with Crippen molar-refractivity contribution in [1.82, 2.24) is 4.98 Å². The minimum atomic E-state index is 0.190. The van der Waals surface area contributed by atoms with E-state index in [1.807, 2.05) is 24.3 Å². The Morgan fingerprint density at radius 2 is 2.10 bits per heavy atom. The minimum Gasteiger partial charge on any atom is -0.396 e. The van der Waals surface area contributed by atoms with Crippen LogP contribution in [-0.4, -0.2) is 23.2 Å². The average molecular weight is 289 g/mol. The van der Waals surface area contributed by atoms with Crippen LogP contribution in [0.25, 0.3) is 0 Å². The van der Waals surface area contributed by atoms with E-state index >= 15 is 0 Å². The summed E-state index contributed by atoms with van der Waals surface area (Å²) >= 11 is 6.08. The minimum absolute atomic E-state index is 0.190. The van der Waals surface area contributed by atoms with Gasteiger partial charge in [0.25, 0.3) is 0 Å². The normalized spacial score (nSPS) is 17.9. The van der Waals surface area contributed by atoms with Gasteiger partial charge in [-0.25, -0.2) is 0 Å². The number of hydrogen-bond acceptors (Lipinski definition) is 3. The number of benzene rings is 1. The first-order chi connectivity index (χ1) is 9.76. The van der Waals surface area contributed by atoms with Crippen LogP contribution in [-0.2, 0) is 13.0 Å². The third-order valence-corrected chi connectivity index (χ3v) is 3.90. The summed E-state index contributed by atoms with van der Waals surface area (Å²) in [5.41, 5.74) is 3.36. The smallest absolute Gasteiger partial charge is 0.0642 e. The Kier molecular flexibility index (Phi) is 3.90. The second-order valence-electron chi connectivity index (χ2n) is 5.24. The summed E-state index contributed by atoms with van der Waals surface area (Å²) in [6.45, 7) is 1.84. The standard InChI is InChI=1S/C16H17ClN2O/c17-14-7-16-15(18-8-14)6-13(11-20)10-19(16)9-12-4-2-1-3-5-12/h1-5,7-8,13,20H,6,9-11H2/t13-/m1/s1. The zero-order valence-electron chi connectivity index (χ0n) is 11.2. The predicted molar refractivity (Wildman–Crippen MR) is 81.0 cm³/mol. The highest BCUT2D eigenvalue weighted by atomic mass is 35.5. The van der Waals surface area contributed by atoms with Gasteiger partial charge in [-0.1, -0.05) is 41.9 Å². The average Bonchev–Trinajstić information content (AvgIpc) is 2.48. The molecule has 2 heterocycles. The Hall–Kier alpha value is -1.58. The van der Waals surface area contributed by atoms with Crippen molar-refractivity contribution in [3.8, 4) is 0 Å². The highest BCUT2D eigenvalue weighted by molar-refractivity contribution is 6.30. The topological polar surface area (TPSA) is 36.4 Å². The number of halogens is 1. The monoisotopic (exact) mass is 288 g/mol. The fraction of sp³-hybridized carbons (Fsp3) is 0.312. The van der Waals surface area contributed by atoms with Crippen molar-refractivity contribution in [2.24, 2.45) is 5.92 Å². The van der Waals surface area contributed by atoms with Gasteiger partial charge in [0.1, 0.15) is 0 Å². The van der Waals surface area contributed by atoms with Crippen molar-refractivity contribution in [2.45, 2.75) is 13.0 Å². The largest absolute Gasteiger partial charge is 0.396 e. The molecule has 104 valence electrons. The Morgan fingerprint density at radius 1 is 1.30 bits per heavy atom. The van der Waals surface area contributed by atoms with Gasteiger partial charge >= 0.3 is 0 Å². The summed E-state index contributed by atoms with van der Waals surface area (Å²) in [7, 11) is 0. The van der Waals surface area contributed by atoms with E-state index in [1.165, 1.54) is 5.56 Å². The molecule has 0 amide bonds. The van der Waals surface area contributed by atoms with Gasteiger partial charge in [0.05, 0.1) is 16.4 Å². The highest BCUT2D eigenvalue weighted by Gasteiger charge is 2.25. The van der Waals surface area contributed by atoms with Crippen LogP contribution in [0.4, 0.5) is 5.69 Å². The molecule has 0 radical (unpaired) electrons. The molecule has 1 atom stereocenters. The van der Waals surface area contributed by atoms with Crippen molar-refractivity contribution < 1.29 is 5.11 Å². The molecule has 4 heteroatoms. The Balaban J connectivity index is 1.91. The molecular formula is C16H17ClN2O. The van der Waals surface area contributed by atoms with Crippen LogP contribution >= 0.6 is 11.6 Å². The number of fused-ring (bicyclic) bond motifs is 1. The third kappa shape index (κ3) is 2.79. The fourth-order valence-electron chi connectivity index (χ4n) is 2.71. The Morgan fingerprint density at radius 3 is 2.85 bits per heavy atom. The first-order valence-corrected chi connectivity index (χ1v) is 7.18. The van der Waals surface area contributed by atoms with Crippen molar-refractivity contribution in [3.63, 3.8) is 0 Å². The lowest BCUT2D eigenvalue weighted by Crippen LogP contribution is -2.37. The number of aromatic nitrogens is 1. The molecule has 3 nitrogen and oxygen atoms in total. The molecule has 0 saturated carbocycles. The van der Waals surface area contributed by atoms with Gasteiger partial charge in [0.15, 0.2) is 0 Å². The number of nitrogens with zero attached hydrogens (tertiary/aromatic N) is 2. The molecule has 3 rings (SSSR count). The first kappa shape index (κ1) is 13.4. The molecule has 0 saturated heterocycles. The third-order valence-electron chi connectivity index (χ3n) is 3.69. The van der Waals surface area contributed by atoms with Crippen molar-refractivity contribution in [2.75, 3.05) is 18.1 Å². The molecular weight excluding hydrogens is 272 g/mol. The number of aliphatic hydroxyl groups is 1. The van der Waals surface area contributed by atoms with Crippen molar-refractivity contribution in [3.05, 3.63) is 58.9 Å². The summed E-state index contributed by atoms with van der Waals surface area (Å²) < 4.78 is 0. The van der Waals surface area contributed by atoms with Crippen LogP contribution in [0.1, 0.15) is 11.3 Å². The Bertz CT molecular complexity index is 588. The lowest BCUT2D eigenvalue weighted by atomic mass is 9.96. The Labute approximate surface area is 123 Å². The molecule has 0 unspecified atom stereocenters. The maximum absolute atomic E-state index is 9.47. The first-order valence-electron chi connectivity index (χ1n) is 6.80. The van der Waals surface area contributed by atoms with Crippen LogP contribution in [0.5, 0.6) is 0 Å². The molecule has 1 aromatic heterocycles. The van der Waals surface area contributed by atoms with E-state index < -0.39 is 0 Å². The highest BCUT2D eigenvalue weighted by Crippen LogP contribution is 2.31. The summed E-state index contributed by atoms with van der Waals surface area (Å²) in [4.78, 5) is 6.68. The lowest BCUT2D eigenvalue weighted by Gasteiger charge is -2.35. The molecule has 1 aliphatic heterocycles. The van der Waals surface area contributed by atoms with Crippen LogP contribution < -0.4 is 4.90 Å². The van der Waals surface area contributed by atoms with E-state index in [1.54, 1.807) is 6.20 Å². The van der Waals surface area contributed by atoms with Gasteiger partial charge in [-0.3, -0.25) is 4.98 Å². The van der Waals surface area contributed by atoms with Crippen molar-refractivity contribution >= 4 is 17.3 Å². The number of rotatable bonds is 3. The van der Waals surface area contributed by atoms with Gasteiger partial charge in [-0.15, -0.1) is 0 Å². The van der Waals surface area contributed by atoms with E-state index in [0.29, 0.717) is 5.02 Å². The van der Waals surface area contributed by atoms with Gasteiger partial charge in [0, 0.05) is 31.8 Å². The van der Waals surface area contributed by atoms with Crippen LogP contribution in [0.2, 0.25) is 5.02 Å². The molecule has 1 N–H and O–H groups in total. The molecule has 0 aliphatic carbocycles. The zero-order valence-corrected chi connectivity index (χ0v) is 11.9. The molecule has 0 fully saturated rings. The van der Waals surface area contributed by atoms with Gasteiger partial charge in [-0.05, 0) is 18.1 Å². The van der Waals surface area contributed by atoms with Crippen LogP contribution in [0.15, 0.2) is 42.6 Å². The van der Waals surface area contributed by atoms with Crippen LogP contribution in [0, 0.1) is 5.92 Å². The van der Waals surface area contributed by atoms with Gasteiger partial charge < -0.3 is 10.0 Å². The SMILES string of the molecule is OC[C@@H]1Cc2ncc(Cl)cc2N(Cc2ccccc2)C1. The summed E-state index contributed by atoms with van der Waals surface area (Å²) in [5.74, 6) is 0.236. The second kappa shape index (κ2) is 5.81.